The normalized spacial score (nSPS) is 19.2. The minimum atomic E-state index is -0.227. The summed E-state index contributed by atoms with van der Waals surface area (Å²) in [5, 5.41) is 0. The summed E-state index contributed by atoms with van der Waals surface area (Å²) in [4.78, 5) is 4.18. The number of ether oxygens (including phenoxy) is 2. The Morgan fingerprint density at radius 1 is 1.54 bits per heavy atom. The fraction of sp³-hybridized carbons (Fsp3) is 0.625. The molecule has 0 bridgehead atoms. The van der Waals surface area contributed by atoms with Crippen LogP contribution in [0.25, 0.3) is 0 Å². The predicted molar refractivity (Wildman–Crippen MR) is 55.2 cm³/mol. The Labute approximate surface area is 90.4 Å². The van der Waals surface area contributed by atoms with E-state index >= 15 is 0 Å². The van der Waals surface area contributed by atoms with Crippen molar-refractivity contribution in [3.63, 3.8) is 0 Å². The topological polar surface area (TPSA) is 36.3 Å². The van der Waals surface area contributed by atoms with Crippen LogP contribution in [0.15, 0.2) is 6.20 Å². The van der Waals surface area contributed by atoms with E-state index in [1.54, 1.807) is 6.20 Å². The Bertz CT molecular complexity index is 294. The average Bonchev–Trinajstić information content (AvgIpc) is 2.49. The molecule has 5 heteroatoms. The molecule has 1 fully saturated rings. The Morgan fingerprint density at radius 3 is 2.77 bits per heavy atom. The molecule has 0 saturated carbocycles. The highest BCUT2D eigenvalue weighted by molar-refractivity contribution is 14.1. The maximum atomic E-state index is 5.47. The molecule has 0 aromatic carbocycles. The van der Waals surface area contributed by atoms with E-state index < -0.39 is 0 Å². The summed E-state index contributed by atoms with van der Waals surface area (Å²) in [5.41, 5.74) is 0.990. The van der Waals surface area contributed by atoms with Gasteiger partial charge in [0.25, 0.3) is 0 Å². The molecule has 72 valence electrons. The molecule has 0 unspecified atom stereocenters. The average molecular weight is 294 g/mol. The molecule has 0 spiro atoms. The van der Waals surface area contributed by atoms with E-state index in [-0.39, 0.29) is 6.29 Å². The van der Waals surface area contributed by atoms with Crippen LogP contribution >= 0.6 is 22.6 Å². The Balaban J connectivity index is 2.18. The molecule has 0 N–H and O–H groups in total. The first-order valence-corrected chi connectivity index (χ1v) is 5.27. The van der Waals surface area contributed by atoms with Gasteiger partial charge in [-0.25, -0.2) is 4.98 Å². The van der Waals surface area contributed by atoms with Crippen LogP contribution in [-0.4, -0.2) is 22.8 Å². The van der Waals surface area contributed by atoms with Gasteiger partial charge in [0.05, 0.1) is 25.1 Å². The Kier molecular flexibility index (Phi) is 2.85. The predicted octanol–water partition coefficient (Wildman–Crippen LogP) is 1.46. The van der Waals surface area contributed by atoms with Gasteiger partial charge in [0.15, 0.2) is 3.83 Å². The van der Waals surface area contributed by atoms with Crippen molar-refractivity contribution in [2.45, 2.75) is 12.7 Å². The number of hydrogen-bond acceptors (Lipinski definition) is 3. The molecule has 0 amide bonds. The van der Waals surface area contributed by atoms with Crippen molar-refractivity contribution < 1.29 is 9.47 Å². The molecule has 1 aromatic rings. The first-order chi connectivity index (χ1) is 6.29. The summed E-state index contributed by atoms with van der Waals surface area (Å²) >= 11 is 2.18. The van der Waals surface area contributed by atoms with Crippen molar-refractivity contribution in [1.82, 2.24) is 9.55 Å². The van der Waals surface area contributed by atoms with E-state index in [9.17, 15) is 0 Å². The zero-order chi connectivity index (χ0) is 9.26. The monoisotopic (exact) mass is 294 g/mol. The molecule has 2 rings (SSSR count). The largest absolute Gasteiger partial charge is 0.347 e. The fourth-order valence-corrected chi connectivity index (χ4v) is 1.69. The number of hydrogen-bond donors (Lipinski definition) is 0. The van der Waals surface area contributed by atoms with E-state index in [2.05, 4.69) is 27.6 Å². The van der Waals surface area contributed by atoms with Crippen LogP contribution in [0.3, 0.4) is 0 Å². The summed E-state index contributed by atoms with van der Waals surface area (Å²) < 4.78 is 13.9. The zero-order valence-electron chi connectivity index (χ0n) is 7.36. The molecule has 1 aromatic heterocycles. The molecule has 1 aliphatic rings. The molecule has 0 aliphatic carbocycles. The van der Waals surface area contributed by atoms with E-state index in [1.807, 2.05) is 11.6 Å². The molecule has 13 heavy (non-hydrogen) atoms. The summed E-state index contributed by atoms with van der Waals surface area (Å²) in [7, 11) is 1.96. The third-order valence-electron chi connectivity index (χ3n) is 2.04. The molecular weight excluding hydrogens is 283 g/mol. The first-order valence-electron chi connectivity index (χ1n) is 4.19. The highest BCUT2D eigenvalue weighted by Crippen LogP contribution is 2.23. The second kappa shape index (κ2) is 3.93. The first kappa shape index (κ1) is 9.42. The lowest BCUT2D eigenvalue weighted by Crippen LogP contribution is -2.19. The van der Waals surface area contributed by atoms with Gasteiger partial charge in [-0.2, -0.15) is 0 Å². The van der Waals surface area contributed by atoms with Crippen molar-refractivity contribution in [3.8, 4) is 0 Å². The second-order valence-electron chi connectivity index (χ2n) is 2.94. The summed E-state index contributed by atoms with van der Waals surface area (Å²) in [5.74, 6) is 0. The molecule has 0 atom stereocenters. The molecular formula is C8H11IN2O2. The molecule has 4 nitrogen and oxygen atoms in total. The number of halogens is 1. The lowest BCUT2D eigenvalue weighted by molar-refractivity contribution is -0.186. The minimum absolute atomic E-state index is 0.227. The van der Waals surface area contributed by atoms with Crippen LogP contribution in [0.5, 0.6) is 0 Å². The van der Waals surface area contributed by atoms with E-state index in [1.165, 1.54) is 0 Å². The van der Waals surface area contributed by atoms with Crippen LogP contribution in [0.4, 0.5) is 0 Å². The van der Waals surface area contributed by atoms with Crippen LogP contribution in [0, 0.1) is 3.83 Å². The van der Waals surface area contributed by atoms with Crippen molar-refractivity contribution in [2.75, 3.05) is 13.2 Å². The van der Waals surface area contributed by atoms with Gasteiger partial charge >= 0.3 is 0 Å². The molecule has 1 aliphatic heterocycles. The van der Waals surface area contributed by atoms with Gasteiger partial charge in [-0.1, -0.05) is 0 Å². The van der Waals surface area contributed by atoms with Crippen LogP contribution in [0.1, 0.15) is 18.4 Å². The van der Waals surface area contributed by atoms with Crippen LogP contribution < -0.4 is 0 Å². The van der Waals surface area contributed by atoms with Crippen molar-refractivity contribution >= 4 is 22.6 Å². The molecule has 1 saturated heterocycles. The van der Waals surface area contributed by atoms with Gasteiger partial charge < -0.3 is 14.0 Å². The Hall–Kier alpha value is -0.140. The lowest BCUT2D eigenvalue weighted by atomic mass is 10.4. The summed E-state index contributed by atoms with van der Waals surface area (Å²) in [6, 6.07) is 0. The van der Waals surface area contributed by atoms with Gasteiger partial charge in [0.2, 0.25) is 6.29 Å². The highest BCUT2D eigenvalue weighted by atomic mass is 127. The smallest absolute Gasteiger partial charge is 0.200 e. The quantitative estimate of drug-likeness (QED) is 0.736. The van der Waals surface area contributed by atoms with E-state index in [4.69, 9.17) is 9.47 Å². The van der Waals surface area contributed by atoms with Gasteiger partial charge in [0.1, 0.15) is 0 Å². The van der Waals surface area contributed by atoms with Gasteiger partial charge in [-0.3, -0.25) is 0 Å². The second-order valence-corrected chi connectivity index (χ2v) is 3.90. The van der Waals surface area contributed by atoms with Crippen LogP contribution in [-0.2, 0) is 16.5 Å². The lowest BCUT2D eigenvalue weighted by Gasteiger charge is -2.23. The minimum Gasteiger partial charge on any atom is -0.347 e. The highest BCUT2D eigenvalue weighted by Gasteiger charge is 2.20. The van der Waals surface area contributed by atoms with Gasteiger partial charge in [-0.15, -0.1) is 0 Å². The number of nitrogens with zero attached hydrogens (tertiary/aromatic N) is 2. The van der Waals surface area contributed by atoms with Gasteiger partial charge in [-0.05, 0) is 29.0 Å². The SMILES string of the molecule is Cn1c(C2OCCCO2)cnc1I. The molecule has 2 heterocycles. The van der Waals surface area contributed by atoms with Crippen molar-refractivity contribution in [2.24, 2.45) is 7.05 Å². The summed E-state index contributed by atoms with van der Waals surface area (Å²) in [6.45, 7) is 1.54. The van der Waals surface area contributed by atoms with E-state index in [0.717, 1.165) is 29.2 Å². The third kappa shape index (κ3) is 1.87. The molecule has 0 radical (unpaired) electrons. The maximum absolute atomic E-state index is 5.47. The van der Waals surface area contributed by atoms with Gasteiger partial charge in [0, 0.05) is 7.05 Å². The standard InChI is InChI=1S/C8H11IN2O2/c1-11-6(5-10-8(11)9)7-12-3-2-4-13-7/h5,7H,2-4H2,1H3. The fourth-order valence-electron chi connectivity index (χ4n) is 1.28. The maximum Gasteiger partial charge on any atom is 0.200 e. The van der Waals surface area contributed by atoms with E-state index in [0.29, 0.717) is 0 Å². The zero-order valence-corrected chi connectivity index (χ0v) is 9.52. The van der Waals surface area contributed by atoms with Crippen LogP contribution in [0.2, 0.25) is 0 Å². The number of aromatic nitrogens is 2. The third-order valence-corrected chi connectivity index (χ3v) is 3.04. The number of rotatable bonds is 1. The van der Waals surface area contributed by atoms with Crippen molar-refractivity contribution in [3.05, 3.63) is 15.7 Å². The summed E-state index contributed by atoms with van der Waals surface area (Å²) in [6.07, 6.45) is 2.55. The van der Waals surface area contributed by atoms with Crippen molar-refractivity contribution in [1.29, 1.82) is 0 Å². The number of imidazole rings is 1. The Morgan fingerprint density at radius 2 is 2.23 bits per heavy atom.